The highest BCUT2D eigenvalue weighted by Gasteiger charge is 2.36. The summed E-state index contributed by atoms with van der Waals surface area (Å²) in [6.07, 6.45) is -3.50. The van der Waals surface area contributed by atoms with Crippen LogP contribution in [0.15, 0.2) is 41.7 Å². The number of nitrogens with zero attached hydrogens (tertiary/aromatic N) is 2. The van der Waals surface area contributed by atoms with Crippen molar-refractivity contribution in [2.75, 3.05) is 13.4 Å². The number of carbonyl (C=O) groups is 2. The van der Waals surface area contributed by atoms with Gasteiger partial charge in [-0.1, -0.05) is 6.07 Å². The van der Waals surface area contributed by atoms with E-state index in [9.17, 15) is 22.8 Å². The number of alkyl halides is 3. The van der Waals surface area contributed by atoms with Gasteiger partial charge in [-0.25, -0.2) is 9.59 Å². The summed E-state index contributed by atoms with van der Waals surface area (Å²) in [7, 11) is 0. The number of allylic oxidation sites excluding steroid dienone is 1. The Labute approximate surface area is 173 Å². The molecule has 0 saturated carbocycles. The van der Waals surface area contributed by atoms with E-state index in [2.05, 4.69) is 15.7 Å². The molecule has 1 aromatic carbocycles. The first-order chi connectivity index (χ1) is 14.8. The summed E-state index contributed by atoms with van der Waals surface area (Å²) in [6, 6.07) is 4.16. The molecule has 2 aromatic rings. The zero-order chi connectivity index (χ0) is 22.2. The van der Waals surface area contributed by atoms with Crippen LogP contribution in [0.4, 0.5) is 18.0 Å². The van der Waals surface area contributed by atoms with Gasteiger partial charge in [0.2, 0.25) is 6.79 Å². The van der Waals surface area contributed by atoms with Crippen molar-refractivity contribution in [2.24, 2.45) is 0 Å². The molecule has 0 fully saturated rings. The third-order valence-electron chi connectivity index (χ3n) is 4.63. The van der Waals surface area contributed by atoms with Gasteiger partial charge in [0.25, 0.3) is 0 Å². The molecule has 3 heterocycles. The van der Waals surface area contributed by atoms with Crippen molar-refractivity contribution >= 4 is 12.0 Å². The average Bonchev–Trinajstić information content (AvgIpc) is 3.36. The minimum Gasteiger partial charge on any atom is -0.463 e. The molecular formula is C19H17F3N4O5. The number of amides is 2. The van der Waals surface area contributed by atoms with Gasteiger partial charge in [0.05, 0.1) is 30.5 Å². The number of benzene rings is 1. The van der Waals surface area contributed by atoms with Crippen LogP contribution in [0, 0.1) is 0 Å². The van der Waals surface area contributed by atoms with Gasteiger partial charge in [-0.05, 0) is 30.7 Å². The SMILES string of the molecule is CCOC(=O)C1=C(Cn2ccc(C(F)(F)F)n2)NC(=O)N[C@@H]1c1ccc2c(c1)OCO2. The quantitative estimate of drug-likeness (QED) is 0.696. The number of nitrogens with one attached hydrogen (secondary N) is 2. The number of carbonyl (C=O) groups excluding carboxylic acids is 2. The maximum atomic E-state index is 12.9. The van der Waals surface area contributed by atoms with Crippen LogP contribution in [-0.4, -0.2) is 35.2 Å². The minimum atomic E-state index is -4.62. The standard InChI is InChI=1S/C19H17F3N4O5/c1-2-29-17(27)15-11(8-26-6-5-14(25-26)19(20,21)22)23-18(28)24-16(15)10-3-4-12-13(7-10)31-9-30-12/h3-7,16H,2,8-9H2,1H3,(H2,23,24,28)/t16-/m1/s1. The van der Waals surface area contributed by atoms with Gasteiger partial charge in [0, 0.05) is 6.20 Å². The molecule has 12 heteroatoms. The fourth-order valence-electron chi connectivity index (χ4n) is 3.30. The number of esters is 1. The molecule has 2 aliphatic heterocycles. The summed E-state index contributed by atoms with van der Waals surface area (Å²) in [5.74, 6) is 0.231. The second-order valence-corrected chi connectivity index (χ2v) is 6.65. The van der Waals surface area contributed by atoms with Crippen LogP contribution in [0.5, 0.6) is 11.5 Å². The molecule has 0 unspecified atom stereocenters. The second kappa shape index (κ2) is 7.85. The van der Waals surface area contributed by atoms with E-state index in [1.165, 1.54) is 0 Å². The Kier molecular flexibility index (Phi) is 5.21. The van der Waals surface area contributed by atoms with E-state index in [1.54, 1.807) is 25.1 Å². The van der Waals surface area contributed by atoms with Gasteiger partial charge in [-0.2, -0.15) is 18.3 Å². The van der Waals surface area contributed by atoms with Gasteiger partial charge in [0.15, 0.2) is 17.2 Å². The van der Waals surface area contributed by atoms with Gasteiger partial charge >= 0.3 is 18.2 Å². The van der Waals surface area contributed by atoms with Crippen LogP contribution >= 0.6 is 0 Å². The molecule has 4 rings (SSSR count). The van der Waals surface area contributed by atoms with E-state index < -0.39 is 29.9 Å². The molecule has 164 valence electrons. The number of urea groups is 1. The molecule has 0 aliphatic carbocycles. The molecule has 2 amide bonds. The summed E-state index contributed by atoms with van der Waals surface area (Å²) in [6.45, 7) is 1.45. The fraction of sp³-hybridized carbons (Fsp3) is 0.316. The predicted octanol–water partition coefficient (Wildman–Crippen LogP) is 2.50. The summed E-state index contributed by atoms with van der Waals surface area (Å²) < 4.78 is 55.4. The van der Waals surface area contributed by atoms with E-state index in [0.717, 1.165) is 16.9 Å². The molecule has 1 atom stereocenters. The minimum absolute atomic E-state index is 0.0457. The molecular weight excluding hydrogens is 421 g/mol. The highest BCUT2D eigenvalue weighted by molar-refractivity contribution is 5.95. The Bertz CT molecular complexity index is 1060. The lowest BCUT2D eigenvalue weighted by atomic mass is 9.94. The number of halogens is 3. The normalized spacial score (nSPS) is 17.9. The van der Waals surface area contributed by atoms with Crippen molar-refractivity contribution in [1.82, 2.24) is 20.4 Å². The lowest BCUT2D eigenvalue weighted by molar-refractivity contribution is -0.141. The van der Waals surface area contributed by atoms with E-state index in [0.29, 0.717) is 17.1 Å². The van der Waals surface area contributed by atoms with Crippen molar-refractivity contribution in [1.29, 1.82) is 0 Å². The largest absolute Gasteiger partial charge is 0.463 e. The van der Waals surface area contributed by atoms with Gasteiger partial charge in [0.1, 0.15) is 0 Å². The van der Waals surface area contributed by atoms with E-state index in [-0.39, 0.29) is 31.2 Å². The molecule has 0 bridgehead atoms. The molecule has 2 N–H and O–H groups in total. The maximum Gasteiger partial charge on any atom is 0.435 e. The Hall–Kier alpha value is -3.70. The van der Waals surface area contributed by atoms with Crippen LogP contribution in [0.3, 0.4) is 0 Å². The highest BCUT2D eigenvalue weighted by Crippen LogP contribution is 2.37. The van der Waals surface area contributed by atoms with Crippen molar-refractivity contribution in [3.05, 3.63) is 53.0 Å². The molecule has 1 aromatic heterocycles. The van der Waals surface area contributed by atoms with Crippen molar-refractivity contribution in [3.8, 4) is 11.5 Å². The molecule has 31 heavy (non-hydrogen) atoms. The van der Waals surface area contributed by atoms with E-state index >= 15 is 0 Å². The number of hydrogen-bond acceptors (Lipinski definition) is 6. The number of fused-ring (bicyclic) bond motifs is 1. The Morgan fingerprint density at radius 3 is 2.77 bits per heavy atom. The first-order valence-electron chi connectivity index (χ1n) is 9.24. The molecule has 2 aliphatic rings. The average molecular weight is 438 g/mol. The molecule has 0 spiro atoms. The zero-order valence-corrected chi connectivity index (χ0v) is 16.2. The third kappa shape index (κ3) is 4.13. The summed E-state index contributed by atoms with van der Waals surface area (Å²) in [5.41, 5.74) is -0.458. The van der Waals surface area contributed by atoms with Crippen molar-refractivity contribution in [3.63, 3.8) is 0 Å². The number of ether oxygens (including phenoxy) is 3. The van der Waals surface area contributed by atoms with Crippen LogP contribution in [0.1, 0.15) is 24.2 Å². The first kappa shape index (κ1) is 20.6. The third-order valence-corrected chi connectivity index (χ3v) is 4.63. The van der Waals surface area contributed by atoms with Crippen molar-refractivity contribution in [2.45, 2.75) is 25.7 Å². The Morgan fingerprint density at radius 1 is 1.29 bits per heavy atom. The lowest BCUT2D eigenvalue weighted by Crippen LogP contribution is -2.46. The van der Waals surface area contributed by atoms with Crippen LogP contribution in [0.2, 0.25) is 0 Å². The van der Waals surface area contributed by atoms with Crippen LogP contribution in [0.25, 0.3) is 0 Å². The topological polar surface area (TPSA) is 104 Å². The summed E-state index contributed by atoms with van der Waals surface area (Å²) in [5, 5.41) is 8.61. The summed E-state index contributed by atoms with van der Waals surface area (Å²) >= 11 is 0. The number of hydrogen-bond donors (Lipinski definition) is 2. The van der Waals surface area contributed by atoms with E-state index in [1.807, 2.05) is 0 Å². The monoisotopic (exact) mass is 438 g/mol. The smallest absolute Gasteiger partial charge is 0.435 e. The number of aromatic nitrogens is 2. The lowest BCUT2D eigenvalue weighted by Gasteiger charge is -2.29. The van der Waals surface area contributed by atoms with Gasteiger partial charge in [-0.15, -0.1) is 0 Å². The predicted molar refractivity (Wildman–Crippen MR) is 97.9 cm³/mol. The molecule has 0 saturated heterocycles. The van der Waals surface area contributed by atoms with E-state index in [4.69, 9.17) is 14.2 Å². The van der Waals surface area contributed by atoms with Crippen molar-refractivity contribution < 1.29 is 37.0 Å². The molecule has 0 radical (unpaired) electrons. The maximum absolute atomic E-state index is 12.9. The highest BCUT2D eigenvalue weighted by atomic mass is 19.4. The first-order valence-corrected chi connectivity index (χ1v) is 9.24. The molecule has 9 nitrogen and oxygen atoms in total. The summed E-state index contributed by atoms with van der Waals surface area (Å²) in [4.78, 5) is 25.0. The van der Waals surface area contributed by atoms with Gasteiger partial charge in [-0.3, -0.25) is 4.68 Å². The second-order valence-electron chi connectivity index (χ2n) is 6.65. The Balaban J connectivity index is 1.74. The van der Waals surface area contributed by atoms with Crippen LogP contribution in [-0.2, 0) is 22.3 Å². The van der Waals surface area contributed by atoms with Gasteiger partial charge < -0.3 is 24.8 Å². The Morgan fingerprint density at radius 2 is 2.06 bits per heavy atom. The fourth-order valence-corrected chi connectivity index (χ4v) is 3.30. The number of rotatable bonds is 5. The van der Waals surface area contributed by atoms with Crippen LogP contribution < -0.4 is 20.1 Å². The zero-order valence-electron chi connectivity index (χ0n) is 16.2.